The zero-order valence-corrected chi connectivity index (χ0v) is 22.2. The Morgan fingerprint density at radius 2 is 1.26 bits per heavy atom. The molecule has 0 saturated carbocycles. The lowest BCUT2D eigenvalue weighted by molar-refractivity contribution is 0.0797. The van der Waals surface area contributed by atoms with Crippen LogP contribution in [0.2, 0.25) is 0 Å². The molecule has 6 heteroatoms. The SMILES string of the molecule is CCCc1cc(OC)cc(C)c1C(=O)C(CCCP=O)C(=O)c1c(C)cc(OC)cc1CCC. The van der Waals surface area contributed by atoms with E-state index in [0.717, 1.165) is 47.9 Å². The van der Waals surface area contributed by atoms with Crippen molar-refractivity contribution in [1.29, 1.82) is 0 Å². The van der Waals surface area contributed by atoms with Gasteiger partial charge in [-0.1, -0.05) is 26.7 Å². The Labute approximate surface area is 205 Å². The topological polar surface area (TPSA) is 69.7 Å². The molecule has 0 heterocycles. The highest BCUT2D eigenvalue weighted by Crippen LogP contribution is 2.32. The van der Waals surface area contributed by atoms with Crippen molar-refractivity contribution in [2.75, 3.05) is 20.4 Å². The minimum atomic E-state index is -0.827. The van der Waals surface area contributed by atoms with Gasteiger partial charge in [-0.25, -0.2) is 0 Å². The summed E-state index contributed by atoms with van der Waals surface area (Å²) in [5.41, 5.74) is 4.67. The van der Waals surface area contributed by atoms with Crippen molar-refractivity contribution in [2.45, 2.75) is 66.2 Å². The highest BCUT2D eigenvalue weighted by Gasteiger charge is 2.32. The van der Waals surface area contributed by atoms with E-state index in [2.05, 4.69) is 13.8 Å². The minimum Gasteiger partial charge on any atom is -0.497 e. The summed E-state index contributed by atoms with van der Waals surface area (Å²) in [7, 11) is 3.25. The van der Waals surface area contributed by atoms with Gasteiger partial charge < -0.3 is 9.47 Å². The summed E-state index contributed by atoms with van der Waals surface area (Å²) >= 11 is 0. The van der Waals surface area contributed by atoms with Gasteiger partial charge in [0, 0.05) is 17.3 Å². The second kappa shape index (κ2) is 13.4. The smallest absolute Gasteiger partial charge is 0.174 e. The molecule has 0 spiro atoms. The van der Waals surface area contributed by atoms with Gasteiger partial charge in [0.15, 0.2) is 20.0 Å². The van der Waals surface area contributed by atoms with Crippen molar-refractivity contribution < 1.29 is 23.6 Å². The second-order valence-electron chi connectivity index (χ2n) is 8.73. The summed E-state index contributed by atoms with van der Waals surface area (Å²) in [6, 6.07) is 7.52. The van der Waals surface area contributed by atoms with Crippen molar-refractivity contribution in [3.63, 3.8) is 0 Å². The molecule has 0 N–H and O–H groups in total. The molecule has 0 aromatic heterocycles. The van der Waals surface area contributed by atoms with Crippen LogP contribution in [0.4, 0.5) is 0 Å². The van der Waals surface area contributed by atoms with Gasteiger partial charge in [0.05, 0.1) is 20.1 Å². The molecule has 0 bridgehead atoms. The first-order valence-corrected chi connectivity index (χ1v) is 13.0. The van der Waals surface area contributed by atoms with Gasteiger partial charge in [-0.05, 0) is 86.1 Å². The molecule has 0 amide bonds. The number of carbonyl (C=O) groups is 2. The van der Waals surface area contributed by atoms with Gasteiger partial charge in [-0.2, -0.15) is 0 Å². The van der Waals surface area contributed by atoms with Gasteiger partial charge >= 0.3 is 0 Å². The fourth-order valence-corrected chi connectivity index (χ4v) is 4.92. The zero-order valence-electron chi connectivity index (χ0n) is 21.3. The standard InChI is InChI=1S/C28H37O5P/c1-7-10-20-16-22(32-5)14-18(3)25(20)27(29)24(12-9-13-34-31)28(30)26-19(4)15-23(33-6)17-21(26)11-8-2/h14-17,24H,7-13H2,1-6H3. The van der Waals surface area contributed by atoms with Gasteiger partial charge in [-0.15, -0.1) is 0 Å². The lowest BCUT2D eigenvalue weighted by Crippen LogP contribution is -2.28. The van der Waals surface area contributed by atoms with Gasteiger partial charge in [0.1, 0.15) is 11.5 Å². The van der Waals surface area contributed by atoms with Crippen LogP contribution in [0.3, 0.4) is 0 Å². The molecule has 0 aliphatic carbocycles. The Hall–Kier alpha value is -2.52. The molecule has 0 saturated heterocycles. The van der Waals surface area contributed by atoms with E-state index in [0.29, 0.717) is 41.6 Å². The van der Waals surface area contributed by atoms with Crippen LogP contribution in [0.25, 0.3) is 0 Å². The number of ketones is 2. The Morgan fingerprint density at radius 3 is 1.62 bits per heavy atom. The predicted octanol–water partition coefficient (Wildman–Crippen LogP) is 6.98. The average molecular weight is 485 g/mol. The number of methoxy groups -OCH3 is 2. The van der Waals surface area contributed by atoms with Crippen molar-refractivity contribution in [3.8, 4) is 11.5 Å². The average Bonchev–Trinajstić information content (AvgIpc) is 2.81. The summed E-state index contributed by atoms with van der Waals surface area (Å²) in [5.74, 6) is 0.276. The number of benzene rings is 2. The monoisotopic (exact) mass is 484 g/mol. The highest BCUT2D eigenvalue weighted by atomic mass is 31.1. The molecule has 0 aliphatic rings. The van der Waals surface area contributed by atoms with Crippen LogP contribution in [0, 0.1) is 19.8 Å². The van der Waals surface area contributed by atoms with Gasteiger partial charge in [-0.3, -0.25) is 14.2 Å². The summed E-state index contributed by atoms with van der Waals surface area (Å²) in [6.45, 7) is 7.93. The van der Waals surface area contributed by atoms with Crippen LogP contribution in [-0.2, 0) is 17.4 Å². The molecule has 0 aliphatic heterocycles. The lowest BCUT2D eigenvalue weighted by Gasteiger charge is -2.22. The van der Waals surface area contributed by atoms with E-state index in [1.54, 1.807) is 14.2 Å². The molecular formula is C28H37O5P. The molecule has 2 aromatic rings. The summed E-state index contributed by atoms with van der Waals surface area (Å²) in [5, 5.41) is 0. The van der Waals surface area contributed by atoms with Crippen LogP contribution >= 0.6 is 8.46 Å². The number of hydrogen-bond donors (Lipinski definition) is 0. The zero-order chi connectivity index (χ0) is 25.3. The van der Waals surface area contributed by atoms with E-state index >= 15 is 0 Å². The third kappa shape index (κ3) is 6.54. The van der Waals surface area contributed by atoms with E-state index in [-0.39, 0.29) is 20.0 Å². The van der Waals surface area contributed by atoms with Crippen molar-refractivity contribution in [3.05, 3.63) is 57.6 Å². The summed E-state index contributed by atoms with van der Waals surface area (Å²) in [4.78, 5) is 28.0. The summed E-state index contributed by atoms with van der Waals surface area (Å²) in [6.07, 6.45) is 4.51. The molecule has 0 unspecified atom stereocenters. The molecule has 2 aromatic carbocycles. The van der Waals surface area contributed by atoms with Crippen molar-refractivity contribution in [1.82, 2.24) is 0 Å². The van der Waals surface area contributed by atoms with E-state index in [9.17, 15) is 14.2 Å². The van der Waals surface area contributed by atoms with E-state index in [4.69, 9.17) is 9.47 Å². The Kier molecular flexibility index (Phi) is 10.9. The fraction of sp³-hybridized carbons (Fsp3) is 0.500. The van der Waals surface area contributed by atoms with E-state index < -0.39 is 5.92 Å². The van der Waals surface area contributed by atoms with E-state index in [1.165, 1.54) is 0 Å². The van der Waals surface area contributed by atoms with Crippen LogP contribution in [-0.4, -0.2) is 31.9 Å². The number of ether oxygens (including phenoxy) is 2. The Bertz CT molecular complexity index is 952. The van der Waals surface area contributed by atoms with Crippen molar-refractivity contribution in [2.24, 2.45) is 5.92 Å². The van der Waals surface area contributed by atoms with Crippen LogP contribution in [0.5, 0.6) is 11.5 Å². The molecule has 0 fully saturated rings. The number of rotatable bonds is 14. The Morgan fingerprint density at radius 1 is 0.824 bits per heavy atom. The molecule has 184 valence electrons. The molecule has 2 rings (SSSR count). The minimum absolute atomic E-state index is 0.0253. The third-order valence-corrected chi connectivity index (χ3v) is 6.66. The predicted molar refractivity (Wildman–Crippen MR) is 137 cm³/mol. The summed E-state index contributed by atoms with van der Waals surface area (Å²) < 4.78 is 21.9. The quantitative estimate of drug-likeness (QED) is 0.125. The number of hydrogen-bond acceptors (Lipinski definition) is 5. The number of carbonyl (C=O) groups excluding carboxylic acids is 2. The van der Waals surface area contributed by atoms with Crippen LogP contribution < -0.4 is 9.47 Å². The largest absolute Gasteiger partial charge is 0.497 e. The second-order valence-corrected chi connectivity index (χ2v) is 9.44. The molecule has 0 radical (unpaired) electrons. The van der Waals surface area contributed by atoms with Crippen LogP contribution in [0.15, 0.2) is 24.3 Å². The van der Waals surface area contributed by atoms with Gasteiger partial charge in [0.25, 0.3) is 0 Å². The Balaban J connectivity index is 2.63. The first-order valence-electron chi connectivity index (χ1n) is 12.0. The maximum atomic E-state index is 14.0. The van der Waals surface area contributed by atoms with Crippen molar-refractivity contribution >= 4 is 20.0 Å². The number of aryl methyl sites for hydroxylation is 4. The lowest BCUT2D eigenvalue weighted by atomic mass is 9.80. The first-order chi connectivity index (χ1) is 16.3. The third-order valence-electron chi connectivity index (χ3n) is 6.16. The maximum absolute atomic E-state index is 14.0. The highest BCUT2D eigenvalue weighted by molar-refractivity contribution is 7.23. The first kappa shape index (κ1) is 27.7. The maximum Gasteiger partial charge on any atom is 0.174 e. The number of Topliss-reactive ketones (excluding diaryl/α,β-unsaturated/α-hetero) is 2. The molecule has 0 atom stereocenters. The molecule has 34 heavy (non-hydrogen) atoms. The van der Waals surface area contributed by atoms with E-state index in [1.807, 2.05) is 38.1 Å². The fourth-order valence-electron chi connectivity index (χ4n) is 4.61. The molecular weight excluding hydrogens is 447 g/mol. The normalized spacial score (nSPS) is 11.1. The van der Waals surface area contributed by atoms with Gasteiger partial charge in [0.2, 0.25) is 0 Å². The van der Waals surface area contributed by atoms with Crippen LogP contribution in [0.1, 0.15) is 82.5 Å². The molecule has 5 nitrogen and oxygen atoms in total.